The van der Waals surface area contributed by atoms with Gasteiger partial charge in [0, 0.05) is 0 Å². The predicted octanol–water partition coefficient (Wildman–Crippen LogP) is 4.47. The van der Waals surface area contributed by atoms with Gasteiger partial charge in [-0.2, -0.15) is 5.10 Å². The number of amides is 1. The summed E-state index contributed by atoms with van der Waals surface area (Å²) in [6.45, 7) is 4.92. The highest BCUT2D eigenvalue weighted by atomic mass is 127. The molecule has 3 rings (SSSR count). The highest BCUT2D eigenvalue weighted by Gasteiger charge is 2.12. The van der Waals surface area contributed by atoms with Crippen LogP contribution >= 0.6 is 34.4 Å². The van der Waals surface area contributed by atoms with Crippen LogP contribution in [0.25, 0.3) is 11.1 Å². The molecule has 1 amide bonds. The van der Waals surface area contributed by atoms with Crippen LogP contribution in [-0.4, -0.2) is 36.1 Å². The molecule has 0 bridgehead atoms. The average molecular weight is 525 g/mol. The molecule has 9 heteroatoms. The molecule has 1 heterocycles. The minimum Gasteiger partial charge on any atom is -0.490 e. The summed E-state index contributed by atoms with van der Waals surface area (Å²) in [7, 11) is 0. The van der Waals surface area contributed by atoms with Crippen LogP contribution in [0.1, 0.15) is 19.4 Å². The monoisotopic (exact) mass is 525 g/mol. The molecule has 0 aliphatic heterocycles. The lowest BCUT2D eigenvalue weighted by Crippen LogP contribution is -2.19. The smallest absolute Gasteiger partial charge is 0.257 e. The number of hydrogen-bond donors (Lipinski definition) is 1. The van der Waals surface area contributed by atoms with Crippen molar-refractivity contribution in [1.29, 1.82) is 0 Å². The Morgan fingerprint density at radius 2 is 2.07 bits per heavy atom. The van der Waals surface area contributed by atoms with Crippen molar-refractivity contribution < 1.29 is 18.7 Å². The van der Waals surface area contributed by atoms with E-state index in [1.165, 1.54) is 11.8 Å². The molecule has 2 aromatic carbocycles. The van der Waals surface area contributed by atoms with E-state index in [9.17, 15) is 4.79 Å². The number of carbonyl (C=O) groups excluding carboxylic acids is 1. The molecule has 0 unspecified atom stereocenters. The number of nitrogens with one attached hydrogen (secondary N) is 1. The summed E-state index contributed by atoms with van der Waals surface area (Å²) in [6, 6.07) is 11.2. The number of fused-ring (bicyclic) bond motifs is 1. The first-order valence-electron chi connectivity index (χ1n) is 9.00. The molecule has 0 spiro atoms. The molecule has 0 atom stereocenters. The molecule has 3 aromatic rings. The summed E-state index contributed by atoms with van der Waals surface area (Å²) in [4.78, 5) is 16.4. The van der Waals surface area contributed by atoms with Gasteiger partial charge in [-0.05, 0) is 66.3 Å². The van der Waals surface area contributed by atoms with Gasteiger partial charge >= 0.3 is 0 Å². The summed E-state index contributed by atoms with van der Waals surface area (Å²) < 4.78 is 17.8. The first-order valence-corrected chi connectivity index (χ1v) is 11.1. The van der Waals surface area contributed by atoms with Gasteiger partial charge in [0.1, 0.15) is 5.52 Å². The van der Waals surface area contributed by atoms with Crippen LogP contribution in [0.5, 0.6) is 11.5 Å². The Kier molecular flexibility index (Phi) is 7.76. The van der Waals surface area contributed by atoms with Crippen LogP contribution < -0.4 is 14.9 Å². The fourth-order valence-electron chi connectivity index (χ4n) is 2.46. The second-order valence-electron chi connectivity index (χ2n) is 5.73. The molecule has 1 N–H and O–H groups in total. The Balaban J connectivity index is 1.57. The third kappa shape index (κ3) is 5.86. The second kappa shape index (κ2) is 10.5. The van der Waals surface area contributed by atoms with Gasteiger partial charge < -0.3 is 13.9 Å². The Hall–Kier alpha value is -2.27. The van der Waals surface area contributed by atoms with E-state index >= 15 is 0 Å². The number of aromatic nitrogens is 1. The number of hydrazone groups is 1. The third-order valence-corrected chi connectivity index (χ3v) is 5.25. The van der Waals surface area contributed by atoms with Crippen molar-refractivity contribution in [3.05, 3.63) is 45.5 Å². The van der Waals surface area contributed by atoms with E-state index in [2.05, 4.69) is 38.1 Å². The zero-order valence-electron chi connectivity index (χ0n) is 16.0. The molecule has 29 heavy (non-hydrogen) atoms. The van der Waals surface area contributed by atoms with Crippen molar-refractivity contribution in [3.8, 4) is 11.5 Å². The second-order valence-corrected chi connectivity index (χ2v) is 7.81. The van der Waals surface area contributed by atoms with Crippen LogP contribution in [0.3, 0.4) is 0 Å². The van der Waals surface area contributed by atoms with Gasteiger partial charge in [-0.15, -0.1) is 0 Å². The zero-order valence-corrected chi connectivity index (χ0v) is 19.0. The maximum Gasteiger partial charge on any atom is 0.257 e. The number of benzene rings is 2. The zero-order chi connectivity index (χ0) is 20.6. The highest BCUT2D eigenvalue weighted by Crippen LogP contribution is 2.33. The van der Waals surface area contributed by atoms with Gasteiger partial charge in [-0.1, -0.05) is 23.9 Å². The van der Waals surface area contributed by atoms with E-state index in [-0.39, 0.29) is 11.7 Å². The van der Waals surface area contributed by atoms with Gasteiger partial charge in [-0.3, -0.25) is 4.79 Å². The van der Waals surface area contributed by atoms with Gasteiger partial charge in [0.2, 0.25) is 0 Å². The van der Waals surface area contributed by atoms with Gasteiger partial charge in [0.15, 0.2) is 17.1 Å². The van der Waals surface area contributed by atoms with Crippen LogP contribution in [0.2, 0.25) is 0 Å². The molecule has 0 saturated heterocycles. The van der Waals surface area contributed by atoms with E-state index in [0.29, 0.717) is 35.5 Å². The van der Waals surface area contributed by atoms with E-state index in [1.54, 1.807) is 6.21 Å². The number of thioether (sulfide) groups is 1. The fraction of sp³-hybridized carbons (Fsp3) is 0.250. The summed E-state index contributed by atoms with van der Waals surface area (Å²) >= 11 is 3.41. The molecule has 0 saturated carbocycles. The largest absolute Gasteiger partial charge is 0.490 e. The highest BCUT2D eigenvalue weighted by molar-refractivity contribution is 14.1. The quantitative estimate of drug-likeness (QED) is 0.192. The molecule has 1 aromatic heterocycles. The Morgan fingerprint density at radius 3 is 2.83 bits per heavy atom. The van der Waals surface area contributed by atoms with Crippen molar-refractivity contribution >= 4 is 57.6 Å². The van der Waals surface area contributed by atoms with Crippen LogP contribution in [-0.2, 0) is 4.79 Å². The normalized spacial score (nSPS) is 11.1. The maximum absolute atomic E-state index is 12.0. The maximum atomic E-state index is 12.0. The summed E-state index contributed by atoms with van der Waals surface area (Å²) in [5, 5.41) is 4.48. The summed E-state index contributed by atoms with van der Waals surface area (Å²) in [6.07, 6.45) is 1.57. The average Bonchev–Trinajstić information content (AvgIpc) is 3.12. The number of carbonyl (C=O) groups is 1. The Labute approximate surface area is 186 Å². The number of hydrogen-bond acceptors (Lipinski definition) is 7. The third-order valence-electron chi connectivity index (χ3n) is 3.62. The number of para-hydroxylation sites is 2. The number of halogens is 1. The topological polar surface area (TPSA) is 86.0 Å². The molecule has 0 aliphatic carbocycles. The number of ether oxygens (including phenoxy) is 2. The number of oxazole rings is 1. The first kappa shape index (κ1) is 21.4. The molecule has 0 radical (unpaired) electrons. The van der Waals surface area contributed by atoms with Crippen molar-refractivity contribution in [2.24, 2.45) is 5.10 Å². The number of rotatable bonds is 9. The van der Waals surface area contributed by atoms with Gasteiger partial charge in [-0.25, -0.2) is 10.4 Å². The van der Waals surface area contributed by atoms with Crippen molar-refractivity contribution in [2.45, 2.75) is 19.1 Å². The Bertz CT molecular complexity index is 989. The van der Waals surface area contributed by atoms with E-state index in [0.717, 1.165) is 14.7 Å². The molecule has 7 nitrogen and oxygen atoms in total. The molecule has 0 fully saturated rings. The minimum atomic E-state index is -0.251. The summed E-state index contributed by atoms with van der Waals surface area (Å²) in [5.41, 5.74) is 4.78. The molecular weight excluding hydrogens is 505 g/mol. The van der Waals surface area contributed by atoms with Crippen LogP contribution in [0.15, 0.2) is 51.1 Å². The van der Waals surface area contributed by atoms with Crippen LogP contribution in [0, 0.1) is 3.57 Å². The number of nitrogens with zero attached hydrogens (tertiary/aromatic N) is 2. The Morgan fingerprint density at radius 1 is 1.28 bits per heavy atom. The molecule has 152 valence electrons. The lowest BCUT2D eigenvalue weighted by molar-refractivity contribution is -0.118. The van der Waals surface area contributed by atoms with Crippen LogP contribution in [0.4, 0.5) is 0 Å². The lowest BCUT2D eigenvalue weighted by Gasteiger charge is -2.13. The van der Waals surface area contributed by atoms with E-state index in [4.69, 9.17) is 13.9 Å². The van der Waals surface area contributed by atoms with Gasteiger partial charge in [0.05, 0.1) is 28.8 Å². The van der Waals surface area contributed by atoms with Crippen molar-refractivity contribution in [1.82, 2.24) is 10.4 Å². The lowest BCUT2D eigenvalue weighted by atomic mass is 10.2. The van der Waals surface area contributed by atoms with Crippen molar-refractivity contribution in [2.75, 3.05) is 19.0 Å². The fourth-order valence-corrected chi connectivity index (χ4v) is 3.87. The summed E-state index contributed by atoms with van der Waals surface area (Å²) in [5.74, 6) is 1.26. The minimum absolute atomic E-state index is 0.148. The SMILES string of the molecule is CCOc1cc(/C=N\NC(=O)CSc2nc3ccccc3o2)cc(I)c1OCC. The first-order chi connectivity index (χ1) is 14.1. The van der Waals surface area contributed by atoms with Crippen molar-refractivity contribution in [3.63, 3.8) is 0 Å². The van der Waals surface area contributed by atoms with E-state index < -0.39 is 0 Å². The standard InChI is InChI=1S/C20H20IN3O4S/c1-3-26-17-10-13(9-14(21)19(17)27-4-2)11-22-24-18(25)12-29-20-23-15-7-5-6-8-16(15)28-20/h5-11H,3-4,12H2,1-2H3,(H,24,25)/b22-11-. The molecular formula is C20H20IN3O4S. The van der Waals surface area contributed by atoms with Gasteiger partial charge in [0.25, 0.3) is 11.1 Å². The van der Waals surface area contributed by atoms with E-state index in [1.807, 2.05) is 50.2 Å². The molecule has 0 aliphatic rings. The predicted molar refractivity (Wildman–Crippen MR) is 122 cm³/mol.